The largest absolute Gasteiger partial charge is 0.340 e. The van der Waals surface area contributed by atoms with E-state index >= 15 is 0 Å². The van der Waals surface area contributed by atoms with Crippen LogP contribution in [0.4, 0.5) is 5.95 Å². The van der Waals surface area contributed by atoms with Crippen molar-refractivity contribution in [3.63, 3.8) is 0 Å². The molecule has 0 unspecified atom stereocenters. The molecule has 0 amide bonds. The average Bonchev–Trinajstić information content (AvgIpc) is 2.99. The summed E-state index contributed by atoms with van der Waals surface area (Å²) in [6.07, 6.45) is 4.14. The third-order valence-electron chi connectivity index (χ3n) is 3.77. The van der Waals surface area contributed by atoms with Gasteiger partial charge in [0.25, 0.3) is 0 Å². The van der Waals surface area contributed by atoms with Gasteiger partial charge < -0.3 is 10.2 Å². The van der Waals surface area contributed by atoms with E-state index in [0.29, 0.717) is 0 Å². The SMILES string of the molecule is CNCC1CCN(c2n[nH]c(-c3ccccn3)n2)CC1. The van der Waals surface area contributed by atoms with Gasteiger partial charge in [0.2, 0.25) is 5.95 Å². The minimum absolute atomic E-state index is 0.734. The van der Waals surface area contributed by atoms with Crippen LogP contribution < -0.4 is 10.2 Å². The fourth-order valence-electron chi connectivity index (χ4n) is 2.64. The molecule has 2 aromatic rings. The number of nitrogens with one attached hydrogen (secondary N) is 2. The second-order valence-electron chi connectivity index (χ2n) is 5.19. The smallest absolute Gasteiger partial charge is 0.245 e. The highest BCUT2D eigenvalue weighted by Crippen LogP contribution is 2.21. The quantitative estimate of drug-likeness (QED) is 0.878. The minimum Gasteiger partial charge on any atom is -0.340 e. The van der Waals surface area contributed by atoms with Crippen LogP contribution in [0.2, 0.25) is 0 Å². The first kappa shape index (κ1) is 13.1. The van der Waals surface area contributed by atoms with Gasteiger partial charge >= 0.3 is 0 Å². The van der Waals surface area contributed by atoms with Crippen LogP contribution in [0.15, 0.2) is 24.4 Å². The molecule has 20 heavy (non-hydrogen) atoms. The van der Waals surface area contributed by atoms with E-state index in [9.17, 15) is 0 Å². The van der Waals surface area contributed by atoms with Crippen molar-refractivity contribution in [2.24, 2.45) is 5.92 Å². The summed E-state index contributed by atoms with van der Waals surface area (Å²) in [5, 5.41) is 10.6. The molecule has 2 N–H and O–H groups in total. The van der Waals surface area contributed by atoms with Gasteiger partial charge in [-0.1, -0.05) is 6.07 Å². The maximum atomic E-state index is 4.56. The summed E-state index contributed by atoms with van der Waals surface area (Å²) in [7, 11) is 2.01. The third kappa shape index (κ3) is 2.80. The maximum Gasteiger partial charge on any atom is 0.245 e. The Morgan fingerprint density at radius 3 is 2.90 bits per heavy atom. The van der Waals surface area contributed by atoms with Crippen LogP contribution in [-0.2, 0) is 0 Å². The normalized spacial score (nSPS) is 16.6. The Bertz CT molecular complexity index is 530. The molecule has 0 radical (unpaired) electrons. The first-order valence-corrected chi connectivity index (χ1v) is 7.10. The lowest BCUT2D eigenvalue weighted by atomic mass is 9.97. The molecule has 0 spiro atoms. The van der Waals surface area contributed by atoms with Crippen molar-refractivity contribution in [2.45, 2.75) is 12.8 Å². The molecular formula is C14H20N6. The highest BCUT2D eigenvalue weighted by molar-refractivity contribution is 5.50. The second-order valence-corrected chi connectivity index (χ2v) is 5.19. The zero-order chi connectivity index (χ0) is 13.8. The molecule has 6 nitrogen and oxygen atoms in total. The van der Waals surface area contributed by atoms with Gasteiger partial charge in [-0.25, -0.2) is 0 Å². The van der Waals surface area contributed by atoms with Crippen LogP contribution in [0.1, 0.15) is 12.8 Å². The number of anilines is 1. The lowest BCUT2D eigenvalue weighted by Crippen LogP contribution is -2.37. The van der Waals surface area contributed by atoms with Gasteiger partial charge in [0, 0.05) is 19.3 Å². The molecule has 1 aliphatic rings. The Morgan fingerprint density at radius 1 is 1.35 bits per heavy atom. The second kappa shape index (κ2) is 6.00. The summed E-state index contributed by atoms with van der Waals surface area (Å²) in [5.74, 6) is 2.29. The van der Waals surface area contributed by atoms with Gasteiger partial charge in [-0.05, 0) is 44.5 Å². The molecule has 3 rings (SSSR count). The van der Waals surface area contributed by atoms with E-state index in [0.717, 1.165) is 43.0 Å². The van der Waals surface area contributed by atoms with E-state index in [1.807, 2.05) is 25.2 Å². The molecular weight excluding hydrogens is 252 g/mol. The van der Waals surface area contributed by atoms with E-state index in [1.54, 1.807) is 6.20 Å². The molecule has 106 valence electrons. The molecule has 0 atom stereocenters. The Labute approximate surface area is 118 Å². The van der Waals surface area contributed by atoms with Gasteiger partial charge in [-0.3, -0.25) is 10.1 Å². The van der Waals surface area contributed by atoms with Crippen LogP contribution in [0.5, 0.6) is 0 Å². The molecule has 2 aromatic heterocycles. The van der Waals surface area contributed by atoms with Crippen molar-refractivity contribution in [1.29, 1.82) is 0 Å². The van der Waals surface area contributed by atoms with Crippen LogP contribution in [0.25, 0.3) is 11.5 Å². The Kier molecular flexibility index (Phi) is 3.92. The summed E-state index contributed by atoms with van der Waals surface area (Å²) in [4.78, 5) is 11.1. The fourth-order valence-corrected chi connectivity index (χ4v) is 2.64. The molecule has 1 aliphatic heterocycles. The number of nitrogens with zero attached hydrogens (tertiary/aromatic N) is 4. The van der Waals surface area contributed by atoms with Crippen LogP contribution in [0, 0.1) is 5.92 Å². The number of rotatable bonds is 4. The predicted molar refractivity (Wildman–Crippen MR) is 78.5 cm³/mol. The Morgan fingerprint density at radius 2 is 2.20 bits per heavy atom. The number of hydrogen-bond donors (Lipinski definition) is 2. The predicted octanol–water partition coefficient (Wildman–Crippen LogP) is 1.30. The monoisotopic (exact) mass is 272 g/mol. The molecule has 6 heteroatoms. The molecule has 1 fully saturated rings. The van der Waals surface area contributed by atoms with Gasteiger partial charge in [0.1, 0.15) is 5.69 Å². The van der Waals surface area contributed by atoms with E-state index in [-0.39, 0.29) is 0 Å². The van der Waals surface area contributed by atoms with E-state index in [1.165, 1.54) is 12.8 Å². The highest BCUT2D eigenvalue weighted by Gasteiger charge is 2.21. The van der Waals surface area contributed by atoms with Crippen molar-refractivity contribution in [1.82, 2.24) is 25.5 Å². The maximum absolute atomic E-state index is 4.56. The zero-order valence-electron chi connectivity index (χ0n) is 11.7. The van der Waals surface area contributed by atoms with Crippen LogP contribution >= 0.6 is 0 Å². The molecule has 0 saturated carbocycles. The summed E-state index contributed by atoms with van der Waals surface area (Å²) in [6, 6.07) is 5.78. The van der Waals surface area contributed by atoms with E-state index < -0.39 is 0 Å². The van der Waals surface area contributed by atoms with Crippen molar-refractivity contribution in [3.8, 4) is 11.5 Å². The van der Waals surface area contributed by atoms with Crippen LogP contribution in [-0.4, -0.2) is 46.8 Å². The Balaban J connectivity index is 1.66. The van der Waals surface area contributed by atoms with Crippen LogP contribution in [0.3, 0.4) is 0 Å². The first-order valence-electron chi connectivity index (χ1n) is 7.10. The number of aromatic nitrogens is 4. The standard InChI is InChI=1S/C14H20N6/c1-15-10-11-5-8-20(9-6-11)14-17-13(18-19-14)12-4-2-3-7-16-12/h2-4,7,11,15H,5-6,8-10H2,1H3,(H,17,18,19). The van der Waals surface area contributed by atoms with Crippen molar-refractivity contribution < 1.29 is 0 Å². The van der Waals surface area contributed by atoms with Crippen molar-refractivity contribution >= 4 is 5.95 Å². The molecule has 0 aliphatic carbocycles. The fraction of sp³-hybridized carbons (Fsp3) is 0.500. The molecule has 0 bridgehead atoms. The van der Waals surface area contributed by atoms with Gasteiger partial charge in [-0.15, -0.1) is 5.10 Å². The lowest BCUT2D eigenvalue weighted by molar-refractivity contribution is 0.391. The number of H-pyrrole nitrogens is 1. The van der Waals surface area contributed by atoms with Gasteiger partial charge in [0.15, 0.2) is 5.82 Å². The zero-order valence-corrected chi connectivity index (χ0v) is 11.7. The minimum atomic E-state index is 0.734. The van der Waals surface area contributed by atoms with Gasteiger partial charge in [0.05, 0.1) is 0 Å². The van der Waals surface area contributed by atoms with E-state index in [2.05, 4.69) is 30.4 Å². The van der Waals surface area contributed by atoms with Crippen molar-refractivity contribution in [2.75, 3.05) is 31.6 Å². The average molecular weight is 272 g/mol. The lowest BCUT2D eigenvalue weighted by Gasteiger charge is -2.30. The van der Waals surface area contributed by atoms with E-state index in [4.69, 9.17) is 0 Å². The molecule has 0 aromatic carbocycles. The third-order valence-corrected chi connectivity index (χ3v) is 3.77. The summed E-state index contributed by atoms with van der Waals surface area (Å²) in [6.45, 7) is 3.14. The van der Waals surface area contributed by atoms with Gasteiger partial charge in [-0.2, -0.15) is 4.98 Å². The summed E-state index contributed by atoms with van der Waals surface area (Å²) < 4.78 is 0. The number of pyridine rings is 1. The van der Waals surface area contributed by atoms with Crippen molar-refractivity contribution in [3.05, 3.63) is 24.4 Å². The highest BCUT2D eigenvalue weighted by atomic mass is 15.4. The first-order chi connectivity index (χ1) is 9.86. The molecule has 3 heterocycles. The number of hydrogen-bond acceptors (Lipinski definition) is 5. The topological polar surface area (TPSA) is 69.7 Å². The number of aromatic amines is 1. The summed E-state index contributed by atoms with van der Waals surface area (Å²) >= 11 is 0. The molecule has 1 saturated heterocycles. The number of piperidine rings is 1. The summed E-state index contributed by atoms with van der Waals surface area (Å²) in [5.41, 5.74) is 0.830. The Hall–Kier alpha value is -1.95.